The average molecular weight is 272 g/mol. The standard InChI is InChI=1S/C16H20N2O2/c1-9-5-13(6-10(2)15(9)19-17)14-7-11(3)16(20-18)12(4)8-14/h5-8H,17-18H2,1-4H3. The minimum Gasteiger partial charge on any atom is -0.411 e. The zero-order valence-electron chi connectivity index (χ0n) is 12.3. The van der Waals surface area contributed by atoms with E-state index < -0.39 is 0 Å². The van der Waals surface area contributed by atoms with Crippen LogP contribution < -0.4 is 21.5 Å². The summed E-state index contributed by atoms with van der Waals surface area (Å²) in [5, 5.41) is 0. The minimum atomic E-state index is 0.726. The monoisotopic (exact) mass is 272 g/mol. The fourth-order valence-corrected chi connectivity index (χ4v) is 2.61. The van der Waals surface area contributed by atoms with Gasteiger partial charge in [-0.3, -0.25) is 0 Å². The van der Waals surface area contributed by atoms with E-state index in [9.17, 15) is 0 Å². The van der Waals surface area contributed by atoms with Crippen LogP contribution in [0.2, 0.25) is 0 Å². The van der Waals surface area contributed by atoms with Crippen LogP contribution in [0.4, 0.5) is 0 Å². The molecule has 0 bridgehead atoms. The molecule has 0 spiro atoms. The Hall–Kier alpha value is -2.04. The molecule has 0 heterocycles. The quantitative estimate of drug-likeness (QED) is 0.842. The Kier molecular flexibility index (Phi) is 3.97. The first kappa shape index (κ1) is 14.4. The molecule has 4 heteroatoms. The topological polar surface area (TPSA) is 70.5 Å². The zero-order chi connectivity index (χ0) is 14.9. The second kappa shape index (κ2) is 5.53. The molecule has 2 aromatic rings. The Labute approximate surface area is 119 Å². The van der Waals surface area contributed by atoms with Crippen LogP contribution in [-0.2, 0) is 0 Å². The van der Waals surface area contributed by atoms with E-state index in [1.807, 2.05) is 27.7 Å². The largest absolute Gasteiger partial charge is 0.411 e. The van der Waals surface area contributed by atoms with Crippen LogP contribution in [0.3, 0.4) is 0 Å². The van der Waals surface area contributed by atoms with E-state index in [-0.39, 0.29) is 0 Å². The Balaban J connectivity index is 2.58. The molecule has 0 amide bonds. The van der Waals surface area contributed by atoms with Gasteiger partial charge in [0.05, 0.1) is 0 Å². The fourth-order valence-electron chi connectivity index (χ4n) is 2.61. The lowest BCUT2D eigenvalue weighted by molar-refractivity contribution is 0.329. The summed E-state index contributed by atoms with van der Waals surface area (Å²) in [7, 11) is 0. The Morgan fingerprint density at radius 2 is 0.850 bits per heavy atom. The highest BCUT2D eigenvalue weighted by Gasteiger charge is 2.11. The first-order chi connectivity index (χ1) is 9.47. The maximum atomic E-state index is 5.30. The van der Waals surface area contributed by atoms with Crippen molar-refractivity contribution in [2.45, 2.75) is 27.7 Å². The van der Waals surface area contributed by atoms with Gasteiger partial charge in [-0.1, -0.05) is 0 Å². The highest BCUT2D eigenvalue weighted by atomic mass is 16.6. The third-order valence-corrected chi connectivity index (χ3v) is 3.49. The third kappa shape index (κ3) is 2.48. The van der Waals surface area contributed by atoms with Crippen molar-refractivity contribution in [3.63, 3.8) is 0 Å². The van der Waals surface area contributed by atoms with Crippen LogP contribution in [0.5, 0.6) is 11.5 Å². The molecule has 0 atom stereocenters. The van der Waals surface area contributed by atoms with Gasteiger partial charge in [-0.2, -0.15) is 11.8 Å². The molecule has 0 radical (unpaired) electrons. The number of hydrogen-bond donors (Lipinski definition) is 2. The molecule has 0 unspecified atom stereocenters. The molecule has 106 valence electrons. The molecule has 0 fully saturated rings. The smallest absolute Gasteiger partial charge is 0.152 e. The lowest BCUT2D eigenvalue weighted by atomic mass is 9.96. The molecule has 0 aliphatic heterocycles. The van der Waals surface area contributed by atoms with Crippen LogP contribution in [0, 0.1) is 27.7 Å². The number of nitrogens with two attached hydrogens (primary N) is 2. The van der Waals surface area contributed by atoms with Crippen LogP contribution >= 0.6 is 0 Å². The number of benzene rings is 2. The van der Waals surface area contributed by atoms with Crippen molar-refractivity contribution in [2.75, 3.05) is 0 Å². The lowest BCUT2D eigenvalue weighted by Gasteiger charge is -2.13. The van der Waals surface area contributed by atoms with Crippen LogP contribution in [0.1, 0.15) is 22.3 Å². The molecule has 4 N–H and O–H groups in total. The van der Waals surface area contributed by atoms with Gasteiger partial charge >= 0.3 is 0 Å². The molecule has 4 nitrogen and oxygen atoms in total. The van der Waals surface area contributed by atoms with E-state index in [2.05, 4.69) is 24.3 Å². The second-order valence-corrected chi connectivity index (χ2v) is 5.11. The molecule has 0 saturated carbocycles. The van der Waals surface area contributed by atoms with Crippen LogP contribution in [0.25, 0.3) is 11.1 Å². The summed E-state index contributed by atoms with van der Waals surface area (Å²) in [6, 6.07) is 8.25. The molecule has 2 rings (SSSR count). The van der Waals surface area contributed by atoms with Gasteiger partial charge in [0.1, 0.15) is 0 Å². The maximum absolute atomic E-state index is 5.30. The number of aryl methyl sites for hydroxylation is 4. The van der Waals surface area contributed by atoms with Gasteiger partial charge in [0.2, 0.25) is 0 Å². The SMILES string of the molecule is Cc1cc(-c2cc(C)c(ON)c(C)c2)cc(C)c1ON. The van der Waals surface area contributed by atoms with Gasteiger partial charge in [0, 0.05) is 0 Å². The van der Waals surface area contributed by atoms with E-state index >= 15 is 0 Å². The summed E-state index contributed by atoms with van der Waals surface area (Å²) < 4.78 is 0. The van der Waals surface area contributed by atoms with Crippen molar-refractivity contribution in [3.05, 3.63) is 46.5 Å². The van der Waals surface area contributed by atoms with E-state index in [0.717, 1.165) is 44.9 Å². The predicted octanol–water partition coefficient (Wildman–Crippen LogP) is 3.09. The highest BCUT2D eigenvalue weighted by Crippen LogP contribution is 2.33. The molecular weight excluding hydrogens is 252 g/mol. The predicted molar refractivity (Wildman–Crippen MR) is 80.5 cm³/mol. The van der Waals surface area contributed by atoms with Crippen LogP contribution in [0.15, 0.2) is 24.3 Å². The average Bonchev–Trinajstić information content (AvgIpc) is 2.37. The minimum absolute atomic E-state index is 0.726. The Morgan fingerprint density at radius 1 is 0.600 bits per heavy atom. The molecular formula is C16H20N2O2. The molecule has 0 aliphatic carbocycles. The highest BCUT2D eigenvalue weighted by molar-refractivity contribution is 5.70. The number of rotatable bonds is 3. The summed E-state index contributed by atoms with van der Waals surface area (Å²) >= 11 is 0. The van der Waals surface area contributed by atoms with Crippen molar-refractivity contribution in [1.29, 1.82) is 0 Å². The summed E-state index contributed by atoms with van der Waals surface area (Å²) in [5.74, 6) is 12.0. The Morgan fingerprint density at radius 3 is 1.05 bits per heavy atom. The molecule has 0 saturated heterocycles. The van der Waals surface area contributed by atoms with Crippen molar-refractivity contribution >= 4 is 0 Å². The van der Waals surface area contributed by atoms with Gasteiger partial charge in [-0.25, -0.2) is 0 Å². The number of hydrogen-bond acceptors (Lipinski definition) is 4. The summed E-state index contributed by atoms with van der Waals surface area (Å²) in [6.07, 6.45) is 0. The Bertz CT molecular complexity index is 547. The van der Waals surface area contributed by atoms with Gasteiger partial charge in [-0.15, -0.1) is 0 Å². The van der Waals surface area contributed by atoms with Crippen molar-refractivity contribution in [3.8, 4) is 22.6 Å². The van der Waals surface area contributed by atoms with Gasteiger partial charge in [0.25, 0.3) is 0 Å². The third-order valence-electron chi connectivity index (χ3n) is 3.49. The summed E-state index contributed by atoms with van der Waals surface area (Å²) in [4.78, 5) is 9.83. The van der Waals surface area contributed by atoms with Crippen molar-refractivity contribution < 1.29 is 9.68 Å². The first-order valence-corrected chi connectivity index (χ1v) is 6.44. The zero-order valence-corrected chi connectivity index (χ0v) is 12.3. The first-order valence-electron chi connectivity index (χ1n) is 6.44. The molecule has 2 aromatic carbocycles. The van der Waals surface area contributed by atoms with E-state index in [0.29, 0.717) is 0 Å². The maximum Gasteiger partial charge on any atom is 0.152 e. The van der Waals surface area contributed by atoms with Gasteiger partial charge in [0.15, 0.2) is 11.5 Å². The van der Waals surface area contributed by atoms with Gasteiger partial charge in [-0.05, 0) is 85.3 Å². The normalized spacial score (nSPS) is 10.5. The fraction of sp³-hybridized carbons (Fsp3) is 0.250. The van der Waals surface area contributed by atoms with Crippen molar-refractivity contribution in [2.24, 2.45) is 11.8 Å². The van der Waals surface area contributed by atoms with E-state index in [4.69, 9.17) is 21.5 Å². The summed E-state index contributed by atoms with van der Waals surface area (Å²) in [6.45, 7) is 7.93. The van der Waals surface area contributed by atoms with E-state index in [1.54, 1.807) is 0 Å². The van der Waals surface area contributed by atoms with Crippen LogP contribution in [-0.4, -0.2) is 0 Å². The van der Waals surface area contributed by atoms with Crippen molar-refractivity contribution in [1.82, 2.24) is 0 Å². The molecule has 0 aliphatic rings. The van der Waals surface area contributed by atoms with E-state index in [1.165, 1.54) is 0 Å². The van der Waals surface area contributed by atoms with Gasteiger partial charge < -0.3 is 9.68 Å². The molecule has 0 aromatic heterocycles. The second-order valence-electron chi connectivity index (χ2n) is 5.11. The summed E-state index contributed by atoms with van der Waals surface area (Å²) in [5.41, 5.74) is 6.29. The molecule has 20 heavy (non-hydrogen) atoms. The lowest BCUT2D eigenvalue weighted by Crippen LogP contribution is -2.06.